The molecule has 2 rings (SSSR count). The number of hydrogen-bond acceptors (Lipinski definition) is 4. The fourth-order valence-electron chi connectivity index (χ4n) is 1.93. The Balaban J connectivity index is 2.09. The van der Waals surface area contributed by atoms with Gasteiger partial charge in [-0.2, -0.15) is 0 Å². The second-order valence-electron chi connectivity index (χ2n) is 4.82. The van der Waals surface area contributed by atoms with Crippen molar-refractivity contribution < 1.29 is 9.59 Å². The first-order chi connectivity index (χ1) is 11.1. The van der Waals surface area contributed by atoms with Gasteiger partial charge in [-0.25, -0.2) is 0 Å². The molecule has 0 aliphatic rings. The Morgan fingerprint density at radius 2 is 1.87 bits per heavy atom. The highest BCUT2D eigenvalue weighted by Crippen LogP contribution is 2.16. The lowest BCUT2D eigenvalue weighted by molar-refractivity contribution is -0.114. The van der Waals surface area contributed by atoms with Crippen LogP contribution in [0.15, 0.2) is 55.3 Å². The summed E-state index contributed by atoms with van der Waals surface area (Å²) >= 11 is 0. The van der Waals surface area contributed by atoms with Gasteiger partial charge >= 0.3 is 0 Å². The van der Waals surface area contributed by atoms with Crippen molar-refractivity contribution in [1.82, 2.24) is 4.98 Å². The summed E-state index contributed by atoms with van der Waals surface area (Å²) in [6.07, 6.45) is 3.29. The zero-order valence-corrected chi connectivity index (χ0v) is 12.8. The average Bonchev–Trinajstić information content (AvgIpc) is 2.53. The van der Waals surface area contributed by atoms with E-state index >= 15 is 0 Å². The Morgan fingerprint density at radius 3 is 2.57 bits per heavy atom. The third-order valence-electron chi connectivity index (χ3n) is 2.88. The van der Waals surface area contributed by atoms with E-state index < -0.39 is 0 Å². The van der Waals surface area contributed by atoms with Gasteiger partial charge in [0, 0.05) is 36.7 Å². The predicted molar refractivity (Wildman–Crippen MR) is 91.6 cm³/mol. The van der Waals surface area contributed by atoms with Crippen LogP contribution >= 0.6 is 0 Å². The minimum Gasteiger partial charge on any atom is -0.381 e. The molecule has 2 amide bonds. The molecule has 6 nitrogen and oxygen atoms in total. The molecule has 0 aliphatic heterocycles. The number of nitrogens with one attached hydrogen (secondary N) is 3. The molecule has 118 valence electrons. The van der Waals surface area contributed by atoms with Gasteiger partial charge in [-0.15, -0.1) is 6.58 Å². The minimum absolute atomic E-state index is 0.170. The van der Waals surface area contributed by atoms with Crippen LogP contribution in [0.2, 0.25) is 0 Å². The first-order valence-electron chi connectivity index (χ1n) is 7.08. The van der Waals surface area contributed by atoms with Crippen molar-refractivity contribution >= 4 is 28.9 Å². The fourth-order valence-corrected chi connectivity index (χ4v) is 1.93. The lowest BCUT2D eigenvalue weighted by Gasteiger charge is -2.09. The van der Waals surface area contributed by atoms with Crippen LogP contribution in [0, 0.1) is 0 Å². The summed E-state index contributed by atoms with van der Waals surface area (Å²) in [5.41, 5.74) is 2.28. The molecule has 0 atom stereocenters. The lowest BCUT2D eigenvalue weighted by Crippen LogP contribution is -2.14. The summed E-state index contributed by atoms with van der Waals surface area (Å²) in [6.45, 7) is 5.66. The highest BCUT2D eigenvalue weighted by molar-refractivity contribution is 6.03. The molecule has 23 heavy (non-hydrogen) atoms. The molecule has 0 saturated carbocycles. The van der Waals surface area contributed by atoms with Gasteiger partial charge < -0.3 is 16.0 Å². The number of amides is 2. The minimum atomic E-state index is -0.327. The van der Waals surface area contributed by atoms with Crippen LogP contribution < -0.4 is 16.0 Å². The van der Waals surface area contributed by atoms with Crippen molar-refractivity contribution in [2.24, 2.45) is 0 Å². The summed E-state index contributed by atoms with van der Waals surface area (Å²) in [5.74, 6) is -0.497. The van der Waals surface area contributed by atoms with E-state index in [0.717, 1.165) is 5.69 Å². The third-order valence-corrected chi connectivity index (χ3v) is 2.88. The van der Waals surface area contributed by atoms with Crippen molar-refractivity contribution in [3.63, 3.8) is 0 Å². The summed E-state index contributed by atoms with van der Waals surface area (Å²) in [5, 5.41) is 8.52. The Morgan fingerprint density at radius 1 is 1.13 bits per heavy atom. The number of hydrogen-bond donors (Lipinski definition) is 3. The van der Waals surface area contributed by atoms with E-state index in [1.165, 1.54) is 6.92 Å². The van der Waals surface area contributed by atoms with Crippen molar-refractivity contribution in [1.29, 1.82) is 0 Å². The highest BCUT2D eigenvalue weighted by Gasteiger charge is 2.09. The summed E-state index contributed by atoms with van der Waals surface area (Å²) in [7, 11) is 0. The van der Waals surface area contributed by atoms with E-state index in [9.17, 15) is 9.59 Å². The molecule has 1 aromatic carbocycles. The molecule has 0 aliphatic carbocycles. The number of aromatic nitrogens is 1. The highest BCUT2D eigenvalue weighted by atomic mass is 16.2. The summed E-state index contributed by atoms with van der Waals surface area (Å²) in [4.78, 5) is 27.4. The molecule has 0 fully saturated rings. The maximum absolute atomic E-state index is 12.3. The molecular formula is C17H18N4O2. The van der Waals surface area contributed by atoms with Gasteiger partial charge in [-0.3, -0.25) is 14.6 Å². The van der Waals surface area contributed by atoms with Gasteiger partial charge in [-0.05, 0) is 30.3 Å². The van der Waals surface area contributed by atoms with Crippen molar-refractivity contribution in [2.45, 2.75) is 6.92 Å². The Hall–Kier alpha value is -3.15. The quantitative estimate of drug-likeness (QED) is 0.716. The Kier molecular flexibility index (Phi) is 5.46. The summed E-state index contributed by atoms with van der Waals surface area (Å²) < 4.78 is 0. The predicted octanol–water partition coefficient (Wildman–Crippen LogP) is 2.89. The van der Waals surface area contributed by atoms with Gasteiger partial charge in [0.25, 0.3) is 5.91 Å². The second kappa shape index (κ2) is 7.74. The number of carbonyl (C=O) groups is 2. The zero-order chi connectivity index (χ0) is 16.7. The molecule has 1 heterocycles. The SMILES string of the molecule is C=CCNc1ccnc(C(=O)Nc2cccc(NC(C)=O)c2)c1. The van der Waals surface area contributed by atoms with Gasteiger partial charge in [0.15, 0.2) is 0 Å². The third kappa shape index (κ3) is 4.96. The topological polar surface area (TPSA) is 83.1 Å². The van der Waals surface area contributed by atoms with E-state index in [0.29, 0.717) is 23.6 Å². The van der Waals surface area contributed by atoms with E-state index in [2.05, 4.69) is 27.5 Å². The monoisotopic (exact) mass is 310 g/mol. The smallest absolute Gasteiger partial charge is 0.274 e. The van der Waals surface area contributed by atoms with Crippen LogP contribution in [0.5, 0.6) is 0 Å². The normalized spacial score (nSPS) is 9.78. The first-order valence-corrected chi connectivity index (χ1v) is 7.08. The van der Waals surface area contributed by atoms with Gasteiger partial charge in [-0.1, -0.05) is 12.1 Å². The van der Waals surface area contributed by atoms with Gasteiger partial charge in [0.1, 0.15) is 5.69 Å². The van der Waals surface area contributed by atoms with Crippen LogP contribution in [0.1, 0.15) is 17.4 Å². The number of pyridine rings is 1. The number of carbonyl (C=O) groups excluding carboxylic acids is 2. The lowest BCUT2D eigenvalue weighted by atomic mass is 10.2. The van der Waals surface area contributed by atoms with Crippen molar-refractivity contribution in [2.75, 3.05) is 22.5 Å². The van der Waals surface area contributed by atoms with E-state index in [4.69, 9.17) is 0 Å². The van der Waals surface area contributed by atoms with Gasteiger partial charge in [0.2, 0.25) is 5.91 Å². The molecule has 0 unspecified atom stereocenters. The molecular weight excluding hydrogens is 292 g/mol. The maximum atomic E-state index is 12.3. The van der Waals surface area contributed by atoms with E-state index in [1.54, 1.807) is 48.7 Å². The van der Waals surface area contributed by atoms with Crippen molar-refractivity contribution in [3.05, 3.63) is 60.9 Å². The molecule has 0 bridgehead atoms. The van der Waals surface area contributed by atoms with Crippen LogP contribution in [-0.2, 0) is 4.79 Å². The van der Waals surface area contributed by atoms with Crippen LogP contribution in [-0.4, -0.2) is 23.3 Å². The van der Waals surface area contributed by atoms with Crippen molar-refractivity contribution in [3.8, 4) is 0 Å². The maximum Gasteiger partial charge on any atom is 0.274 e. The summed E-state index contributed by atoms with van der Waals surface area (Å²) in [6, 6.07) is 10.3. The molecule has 1 aromatic heterocycles. The molecule has 0 radical (unpaired) electrons. The molecule has 2 aromatic rings. The molecule has 6 heteroatoms. The number of benzene rings is 1. The second-order valence-corrected chi connectivity index (χ2v) is 4.82. The largest absolute Gasteiger partial charge is 0.381 e. The zero-order valence-electron chi connectivity index (χ0n) is 12.8. The number of anilines is 3. The van der Waals surface area contributed by atoms with Crippen LogP contribution in [0.25, 0.3) is 0 Å². The Labute approximate surface area is 134 Å². The number of rotatable bonds is 6. The van der Waals surface area contributed by atoms with E-state index in [-0.39, 0.29) is 11.8 Å². The number of nitrogens with zero attached hydrogens (tertiary/aromatic N) is 1. The van der Waals surface area contributed by atoms with Gasteiger partial charge in [0.05, 0.1) is 0 Å². The molecule has 3 N–H and O–H groups in total. The Bertz CT molecular complexity index is 728. The van der Waals surface area contributed by atoms with Crippen LogP contribution in [0.4, 0.5) is 17.1 Å². The average molecular weight is 310 g/mol. The van der Waals surface area contributed by atoms with E-state index in [1.807, 2.05) is 0 Å². The fraction of sp³-hybridized carbons (Fsp3) is 0.118. The van der Waals surface area contributed by atoms with Crippen LogP contribution in [0.3, 0.4) is 0 Å². The molecule has 0 spiro atoms. The molecule has 0 saturated heterocycles. The standard InChI is InChI=1S/C17H18N4O2/c1-3-8-18-13-7-9-19-16(11-13)17(23)21-15-6-4-5-14(10-15)20-12(2)22/h3-7,9-11H,1,8H2,2H3,(H,18,19)(H,20,22)(H,21,23). The first kappa shape index (κ1) is 16.2.